The van der Waals surface area contributed by atoms with Gasteiger partial charge in [-0.15, -0.1) is 0 Å². The first-order valence-electron chi connectivity index (χ1n) is 18.5. The number of ether oxygens (including phenoxy) is 2. The lowest BCUT2D eigenvalue weighted by Gasteiger charge is -2.19. The predicted molar refractivity (Wildman–Crippen MR) is 183 cm³/mol. The van der Waals surface area contributed by atoms with Gasteiger partial charge in [0.15, 0.2) is 6.10 Å². The van der Waals surface area contributed by atoms with E-state index in [2.05, 4.69) is 13.8 Å². The lowest BCUT2D eigenvalue weighted by Crippen LogP contribution is -2.29. The van der Waals surface area contributed by atoms with Gasteiger partial charge in [-0.05, 0) is 12.8 Å². The number of carbonyl (C=O) groups is 2. The summed E-state index contributed by atoms with van der Waals surface area (Å²) in [6.45, 7) is 3.71. The summed E-state index contributed by atoms with van der Waals surface area (Å²) < 4.78 is 32.5. The lowest BCUT2D eigenvalue weighted by molar-refractivity contribution is -0.161. The van der Waals surface area contributed by atoms with E-state index < -0.39 is 26.5 Å². The van der Waals surface area contributed by atoms with E-state index in [4.69, 9.17) is 24.3 Å². The van der Waals surface area contributed by atoms with E-state index in [1.165, 1.54) is 116 Å². The van der Waals surface area contributed by atoms with Gasteiger partial charge in [-0.2, -0.15) is 0 Å². The Labute approximate surface area is 276 Å². The predicted octanol–water partition coefficient (Wildman–Crippen LogP) is 9.72. The number of phosphoric acid groups is 1. The summed E-state index contributed by atoms with van der Waals surface area (Å²) in [7, 11) is -4.36. The summed E-state index contributed by atoms with van der Waals surface area (Å²) in [6, 6.07) is 0. The zero-order valence-electron chi connectivity index (χ0n) is 29.1. The summed E-state index contributed by atoms with van der Waals surface area (Å²) >= 11 is 0. The molecule has 268 valence electrons. The zero-order valence-corrected chi connectivity index (χ0v) is 30.0. The van der Waals surface area contributed by atoms with Crippen molar-refractivity contribution in [3.8, 4) is 0 Å². The van der Waals surface area contributed by atoms with Gasteiger partial charge in [0, 0.05) is 19.4 Å². The second kappa shape index (κ2) is 32.9. The molecule has 0 heterocycles. The number of esters is 2. The molecule has 0 spiro atoms. The average Bonchev–Trinajstić information content (AvgIpc) is 3.02. The summed E-state index contributed by atoms with van der Waals surface area (Å²) in [4.78, 5) is 34.6. The molecule has 2 atom stereocenters. The quantitative estimate of drug-likeness (QED) is 0.0386. The molecule has 9 nitrogen and oxygen atoms in total. The van der Waals surface area contributed by atoms with Crippen molar-refractivity contribution in [3.63, 3.8) is 0 Å². The molecule has 0 aromatic heterocycles. The molecule has 0 rings (SSSR count). The summed E-state index contributed by atoms with van der Waals surface area (Å²) in [5.41, 5.74) is 5.32. The fraction of sp³-hybridized carbons (Fsp3) is 0.943. The molecule has 0 amide bonds. The highest BCUT2D eigenvalue weighted by molar-refractivity contribution is 7.47. The third-order valence-electron chi connectivity index (χ3n) is 7.99. The third-order valence-corrected chi connectivity index (χ3v) is 8.98. The summed E-state index contributed by atoms with van der Waals surface area (Å²) in [5.74, 6) is -0.822. The Morgan fingerprint density at radius 3 is 1.36 bits per heavy atom. The van der Waals surface area contributed by atoms with Crippen molar-refractivity contribution >= 4 is 19.8 Å². The molecule has 0 saturated heterocycles. The Morgan fingerprint density at radius 2 is 0.956 bits per heavy atom. The first kappa shape index (κ1) is 44.0. The SMILES string of the molecule is CCCCCCCCCCCCCCCCCC(=O)OCC(COP(=O)(O)OCCN)OC(=O)CCCCCCCCCCC. The first-order chi connectivity index (χ1) is 21.8. The van der Waals surface area contributed by atoms with Crippen LogP contribution in [0, 0.1) is 0 Å². The van der Waals surface area contributed by atoms with Crippen molar-refractivity contribution in [1.29, 1.82) is 0 Å². The van der Waals surface area contributed by atoms with Gasteiger partial charge in [-0.1, -0.05) is 155 Å². The van der Waals surface area contributed by atoms with Crippen LogP contribution in [0.4, 0.5) is 0 Å². The van der Waals surface area contributed by atoms with Crippen LogP contribution in [0.2, 0.25) is 0 Å². The molecular formula is C35H70NO8P. The van der Waals surface area contributed by atoms with Gasteiger partial charge >= 0.3 is 19.8 Å². The van der Waals surface area contributed by atoms with Gasteiger partial charge in [0.05, 0.1) is 13.2 Å². The average molecular weight is 664 g/mol. The molecule has 0 aliphatic heterocycles. The summed E-state index contributed by atoms with van der Waals surface area (Å²) in [5, 5.41) is 0. The van der Waals surface area contributed by atoms with Gasteiger partial charge in [0.2, 0.25) is 0 Å². The van der Waals surface area contributed by atoms with E-state index in [0.29, 0.717) is 6.42 Å². The number of phosphoric ester groups is 1. The number of hydrogen-bond donors (Lipinski definition) is 2. The minimum Gasteiger partial charge on any atom is -0.462 e. The highest BCUT2D eigenvalue weighted by Gasteiger charge is 2.25. The van der Waals surface area contributed by atoms with Gasteiger partial charge < -0.3 is 20.1 Å². The van der Waals surface area contributed by atoms with Crippen molar-refractivity contribution < 1.29 is 37.6 Å². The third kappa shape index (κ3) is 32.7. The van der Waals surface area contributed by atoms with Crippen molar-refractivity contribution in [1.82, 2.24) is 0 Å². The molecule has 2 unspecified atom stereocenters. The highest BCUT2D eigenvalue weighted by atomic mass is 31.2. The number of carbonyl (C=O) groups excluding carboxylic acids is 2. The van der Waals surface area contributed by atoms with E-state index in [0.717, 1.165) is 32.1 Å². The van der Waals surface area contributed by atoms with Crippen LogP contribution in [-0.2, 0) is 32.7 Å². The second-order valence-corrected chi connectivity index (χ2v) is 13.9. The fourth-order valence-corrected chi connectivity index (χ4v) is 5.99. The zero-order chi connectivity index (χ0) is 33.3. The van der Waals surface area contributed by atoms with Crippen LogP contribution in [0.15, 0.2) is 0 Å². The van der Waals surface area contributed by atoms with Crippen LogP contribution in [0.5, 0.6) is 0 Å². The standard InChI is InChI=1S/C35H70NO8P/c1-3-5-7-9-11-13-14-15-16-17-18-20-21-23-25-27-34(37)41-31-33(32-43-45(39,40)42-30-29-36)44-35(38)28-26-24-22-19-12-10-8-6-4-2/h33H,3-32,36H2,1-2H3,(H,39,40). The topological polar surface area (TPSA) is 134 Å². The van der Waals surface area contributed by atoms with Crippen LogP contribution in [0.1, 0.15) is 181 Å². The maximum absolute atomic E-state index is 12.4. The van der Waals surface area contributed by atoms with Crippen LogP contribution in [0.3, 0.4) is 0 Å². The minimum atomic E-state index is -4.36. The van der Waals surface area contributed by atoms with Gasteiger partial charge in [0.25, 0.3) is 0 Å². The molecule has 45 heavy (non-hydrogen) atoms. The smallest absolute Gasteiger partial charge is 0.462 e. The van der Waals surface area contributed by atoms with Crippen molar-refractivity contribution in [3.05, 3.63) is 0 Å². The maximum atomic E-state index is 12.4. The fourth-order valence-electron chi connectivity index (χ4n) is 5.22. The van der Waals surface area contributed by atoms with E-state index in [-0.39, 0.29) is 38.6 Å². The Balaban J connectivity index is 4.15. The molecule has 10 heteroatoms. The number of hydrogen-bond acceptors (Lipinski definition) is 8. The first-order valence-corrected chi connectivity index (χ1v) is 20.0. The Bertz CT molecular complexity index is 724. The van der Waals surface area contributed by atoms with E-state index in [1.807, 2.05) is 0 Å². The minimum absolute atomic E-state index is 0.0575. The van der Waals surface area contributed by atoms with E-state index >= 15 is 0 Å². The monoisotopic (exact) mass is 663 g/mol. The molecule has 0 fully saturated rings. The van der Waals surface area contributed by atoms with Gasteiger partial charge in [0.1, 0.15) is 6.61 Å². The molecule has 0 aliphatic rings. The van der Waals surface area contributed by atoms with Crippen molar-refractivity contribution in [2.24, 2.45) is 5.73 Å². The lowest BCUT2D eigenvalue weighted by atomic mass is 10.0. The summed E-state index contributed by atoms with van der Waals surface area (Å²) in [6.07, 6.45) is 28.5. The van der Waals surface area contributed by atoms with Crippen LogP contribution < -0.4 is 5.73 Å². The van der Waals surface area contributed by atoms with Crippen molar-refractivity contribution in [2.45, 2.75) is 187 Å². The number of rotatable bonds is 35. The molecule has 0 saturated carbocycles. The maximum Gasteiger partial charge on any atom is 0.472 e. The van der Waals surface area contributed by atoms with Crippen LogP contribution in [0.25, 0.3) is 0 Å². The van der Waals surface area contributed by atoms with Crippen molar-refractivity contribution in [2.75, 3.05) is 26.4 Å². The second-order valence-electron chi connectivity index (χ2n) is 12.5. The molecular weight excluding hydrogens is 593 g/mol. The largest absolute Gasteiger partial charge is 0.472 e. The molecule has 0 radical (unpaired) electrons. The number of unbranched alkanes of at least 4 members (excludes halogenated alkanes) is 22. The van der Waals surface area contributed by atoms with E-state index in [1.54, 1.807) is 0 Å². The normalized spacial score (nSPS) is 13.4. The molecule has 3 N–H and O–H groups in total. The molecule has 0 aromatic carbocycles. The molecule has 0 aliphatic carbocycles. The Morgan fingerprint density at radius 1 is 0.578 bits per heavy atom. The van der Waals surface area contributed by atoms with Crippen LogP contribution >= 0.6 is 7.82 Å². The highest BCUT2D eigenvalue weighted by Crippen LogP contribution is 2.43. The van der Waals surface area contributed by atoms with Gasteiger partial charge in [-0.25, -0.2) is 4.57 Å². The molecule has 0 aromatic rings. The van der Waals surface area contributed by atoms with E-state index in [9.17, 15) is 19.0 Å². The Kier molecular flexibility index (Phi) is 32.2. The number of nitrogens with two attached hydrogens (primary N) is 1. The Hall–Kier alpha value is -0.990. The molecule has 0 bridgehead atoms. The van der Waals surface area contributed by atoms with Crippen LogP contribution in [-0.4, -0.2) is 49.3 Å². The van der Waals surface area contributed by atoms with Gasteiger partial charge in [-0.3, -0.25) is 18.6 Å².